The highest BCUT2D eigenvalue weighted by Gasteiger charge is 2.31. The first kappa shape index (κ1) is 17.6. The summed E-state index contributed by atoms with van der Waals surface area (Å²) < 4.78 is 51.7. The number of nitrogens with zero attached hydrogens (tertiary/aromatic N) is 2. The van der Waals surface area contributed by atoms with Crippen LogP contribution in [-0.2, 0) is 12.7 Å². The van der Waals surface area contributed by atoms with Gasteiger partial charge in [-0.05, 0) is 35.9 Å². The molecule has 0 bridgehead atoms. The summed E-state index contributed by atoms with van der Waals surface area (Å²) in [4.78, 5) is 19.2. The molecule has 0 radical (unpaired) electrons. The molecule has 0 unspecified atom stereocenters. The summed E-state index contributed by atoms with van der Waals surface area (Å²) in [5, 5.41) is 12.0. The van der Waals surface area contributed by atoms with E-state index in [1.807, 2.05) is 0 Å². The number of aromatic carboxylic acids is 1. The van der Waals surface area contributed by atoms with E-state index in [4.69, 9.17) is 0 Å². The molecule has 0 spiro atoms. The second kappa shape index (κ2) is 6.58. The van der Waals surface area contributed by atoms with Crippen molar-refractivity contribution in [1.29, 1.82) is 0 Å². The molecule has 134 valence electrons. The fourth-order valence-electron chi connectivity index (χ4n) is 2.34. The minimum Gasteiger partial charge on any atom is -0.476 e. The summed E-state index contributed by atoms with van der Waals surface area (Å²) in [5.74, 6) is -2.06. The number of aromatic nitrogens is 2. The minimum absolute atomic E-state index is 0.0201. The highest BCUT2D eigenvalue weighted by molar-refractivity contribution is 5.94. The van der Waals surface area contributed by atoms with Gasteiger partial charge in [0.1, 0.15) is 5.82 Å². The summed E-state index contributed by atoms with van der Waals surface area (Å²) in [6, 6.07) is 8.24. The number of halogens is 4. The van der Waals surface area contributed by atoms with E-state index in [-0.39, 0.29) is 23.4 Å². The van der Waals surface area contributed by atoms with Gasteiger partial charge < -0.3 is 10.4 Å². The molecular weight excluding hydrogens is 354 g/mol. The summed E-state index contributed by atoms with van der Waals surface area (Å²) in [6.45, 7) is 0.0250. The van der Waals surface area contributed by atoms with E-state index in [2.05, 4.69) is 15.3 Å². The molecule has 0 aliphatic heterocycles. The number of benzene rings is 2. The van der Waals surface area contributed by atoms with Gasteiger partial charge in [0, 0.05) is 6.54 Å². The van der Waals surface area contributed by atoms with E-state index in [0.717, 1.165) is 18.2 Å². The van der Waals surface area contributed by atoms with Crippen LogP contribution >= 0.6 is 0 Å². The molecule has 0 atom stereocenters. The maximum Gasteiger partial charge on any atom is 0.416 e. The molecule has 3 rings (SSSR count). The molecule has 5 nitrogen and oxygen atoms in total. The molecule has 2 aromatic carbocycles. The first-order valence-corrected chi connectivity index (χ1v) is 7.34. The quantitative estimate of drug-likeness (QED) is 0.681. The normalized spacial score (nSPS) is 11.5. The summed E-state index contributed by atoms with van der Waals surface area (Å²) >= 11 is 0. The van der Waals surface area contributed by atoms with Gasteiger partial charge in [0.2, 0.25) is 0 Å². The van der Waals surface area contributed by atoms with Gasteiger partial charge in [-0.15, -0.1) is 0 Å². The smallest absolute Gasteiger partial charge is 0.416 e. The van der Waals surface area contributed by atoms with Crippen LogP contribution in [0.1, 0.15) is 21.6 Å². The lowest BCUT2D eigenvalue weighted by molar-refractivity contribution is -0.137. The van der Waals surface area contributed by atoms with Gasteiger partial charge in [-0.25, -0.2) is 19.2 Å². The average Bonchev–Trinajstić information content (AvgIpc) is 2.57. The third-order valence-corrected chi connectivity index (χ3v) is 3.54. The Labute approximate surface area is 144 Å². The maximum absolute atomic E-state index is 13.2. The molecule has 3 aromatic rings. The number of nitrogens with one attached hydrogen (secondary N) is 1. The van der Waals surface area contributed by atoms with Crippen molar-refractivity contribution in [2.45, 2.75) is 12.7 Å². The fraction of sp³-hybridized carbons (Fsp3) is 0.118. The van der Waals surface area contributed by atoms with Crippen LogP contribution in [0.5, 0.6) is 0 Å². The third-order valence-electron chi connectivity index (χ3n) is 3.54. The molecule has 0 amide bonds. The SMILES string of the molecule is O=C(O)c1nc2ccc(C(F)(F)F)cc2nc1NCc1cccc(F)c1. The van der Waals surface area contributed by atoms with Crippen LogP contribution in [0, 0.1) is 5.82 Å². The van der Waals surface area contributed by atoms with Crippen LogP contribution < -0.4 is 5.32 Å². The number of hydrogen-bond donors (Lipinski definition) is 2. The molecule has 0 saturated heterocycles. The summed E-state index contributed by atoms with van der Waals surface area (Å²) in [5.41, 5.74) is -0.933. The number of carboxylic acids is 1. The van der Waals surface area contributed by atoms with Gasteiger partial charge in [0.15, 0.2) is 11.5 Å². The lowest BCUT2D eigenvalue weighted by Crippen LogP contribution is -2.12. The Morgan fingerprint density at radius 3 is 2.50 bits per heavy atom. The van der Waals surface area contributed by atoms with E-state index < -0.39 is 29.2 Å². The van der Waals surface area contributed by atoms with E-state index in [1.54, 1.807) is 6.07 Å². The molecule has 0 aliphatic rings. The van der Waals surface area contributed by atoms with Crippen LogP contribution in [-0.4, -0.2) is 21.0 Å². The molecule has 0 fully saturated rings. The van der Waals surface area contributed by atoms with Crippen molar-refractivity contribution in [3.8, 4) is 0 Å². The van der Waals surface area contributed by atoms with Gasteiger partial charge in [-0.3, -0.25) is 0 Å². The Balaban J connectivity index is 2.00. The largest absolute Gasteiger partial charge is 0.476 e. The second-order valence-corrected chi connectivity index (χ2v) is 5.41. The van der Waals surface area contributed by atoms with Gasteiger partial charge in [0.05, 0.1) is 16.6 Å². The van der Waals surface area contributed by atoms with E-state index in [0.29, 0.717) is 5.56 Å². The lowest BCUT2D eigenvalue weighted by atomic mass is 10.2. The number of carboxylic acid groups (broad SMARTS) is 1. The monoisotopic (exact) mass is 365 g/mol. The van der Waals surface area contributed by atoms with Crippen molar-refractivity contribution in [1.82, 2.24) is 9.97 Å². The molecular formula is C17H11F4N3O2. The van der Waals surface area contributed by atoms with E-state index >= 15 is 0 Å². The highest BCUT2D eigenvalue weighted by Crippen LogP contribution is 2.31. The molecule has 2 N–H and O–H groups in total. The lowest BCUT2D eigenvalue weighted by Gasteiger charge is -2.11. The standard InChI is InChI=1S/C17H11F4N3O2/c18-11-3-1-2-9(6-11)8-22-15-14(16(25)26)23-12-5-4-10(17(19,20)21)7-13(12)24-15/h1-7H,8H2,(H,22,24)(H,25,26). The van der Waals surface area contributed by atoms with Crippen LogP contribution in [0.4, 0.5) is 23.4 Å². The number of alkyl halides is 3. The van der Waals surface area contributed by atoms with Gasteiger partial charge in [0.25, 0.3) is 0 Å². The zero-order valence-electron chi connectivity index (χ0n) is 13.0. The molecule has 9 heteroatoms. The first-order chi connectivity index (χ1) is 12.2. The van der Waals surface area contributed by atoms with Crippen molar-refractivity contribution in [2.75, 3.05) is 5.32 Å². The maximum atomic E-state index is 13.2. The van der Waals surface area contributed by atoms with Crippen LogP contribution in [0.2, 0.25) is 0 Å². The molecule has 0 aliphatic carbocycles. The Kier molecular flexibility index (Phi) is 4.45. The van der Waals surface area contributed by atoms with Gasteiger partial charge in [-0.1, -0.05) is 12.1 Å². The molecule has 26 heavy (non-hydrogen) atoms. The zero-order chi connectivity index (χ0) is 18.9. The molecule has 0 saturated carbocycles. The average molecular weight is 365 g/mol. The van der Waals surface area contributed by atoms with E-state index in [1.165, 1.54) is 18.2 Å². The Bertz CT molecular complexity index is 989. The minimum atomic E-state index is -4.56. The highest BCUT2D eigenvalue weighted by atomic mass is 19.4. The molecule has 1 heterocycles. The van der Waals surface area contributed by atoms with Crippen molar-refractivity contribution in [3.63, 3.8) is 0 Å². The fourth-order valence-corrected chi connectivity index (χ4v) is 2.34. The van der Waals surface area contributed by atoms with Crippen molar-refractivity contribution >= 4 is 22.8 Å². The molecule has 1 aromatic heterocycles. The van der Waals surface area contributed by atoms with Crippen LogP contribution in [0.3, 0.4) is 0 Å². The van der Waals surface area contributed by atoms with Gasteiger partial charge in [-0.2, -0.15) is 13.2 Å². The predicted octanol–water partition coefficient (Wildman–Crippen LogP) is 4.10. The van der Waals surface area contributed by atoms with Crippen LogP contribution in [0.25, 0.3) is 11.0 Å². The summed E-state index contributed by atoms with van der Waals surface area (Å²) in [7, 11) is 0. The number of fused-ring (bicyclic) bond motifs is 1. The first-order valence-electron chi connectivity index (χ1n) is 7.34. The zero-order valence-corrected chi connectivity index (χ0v) is 13.0. The van der Waals surface area contributed by atoms with E-state index in [9.17, 15) is 27.5 Å². The third kappa shape index (κ3) is 3.71. The Hall–Kier alpha value is -3.23. The topological polar surface area (TPSA) is 75.1 Å². The predicted molar refractivity (Wildman–Crippen MR) is 85.2 cm³/mol. The van der Waals surface area contributed by atoms with Crippen molar-refractivity contribution in [2.24, 2.45) is 0 Å². The number of hydrogen-bond acceptors (Lipinski definition) is 4. The summed E-state index contributed by atoms with van der Waals surface area (Å²) in [6.07, 6.45) is -4.56. The second-order valence-electron chi connectivity index (χ2n) is 5.41. The number of carbonyl (C=O) groups is 1. The van der Waals surface area contributed by atoms with Crippen LogP contribution in [0.15, 0.2) is 42.5 Å². The number of rotatable bonds is 4. The number of anilines is 1. The Morgan fingerprint density at radius 2 is 1.85 bits per heavy atom. The Morgan fingerprint density at radius 1 is 1.08 bits per heavy atom. The van der Waals surface area contributed by atoms with Crippen molar-refractivity contribution < 1.29 is 27.5 Å². The van der Waals surface area contributed by atoms with Gasteiger partial charge >= 0.3 is 12.1 Å². The van der Waals surface area contributed by atoms with Crippen molar-refractivity contribution in [3.05, 3.63) is 65.1 Å².